The van der Waals surface area contributed by atoms with Crippen LogP contribution >= 0.6 is 0 Å². The predicted molar refractivity (Wildman–Crippen MR) is 240 cm³/mol. The molecule has 0 spiro atoms. The highest BCUT2D eigenvalue weighted by atomic mass is 16.7. The third kappa shape index (κ3) is 8.31. The molecule has 1 fully saturated rings. The van der Waals surface area contributed by atoms with Crippen LogP contribution in [0, 0.1) is 0 Å². The van der Waals surface area contributed by atoms with Crippen molar-refractivity contribution < 1.29 is 58.9 Å². The van der Waals surface area contributed by atoms with E-state index in [4.69, 9.17) is 31.4 Å². The van der Waals surface area contributed by atoms with Gasteiger partial charge in [-0.25, -0.2) is 9.97 Å². The van der Waals surface area contributed by atoms with Gasteiger partial charge in [0, 0.05) is 72.4 Å². The Morgan fingerprint density at radius 1 is 1.00 bits per heavy atom. The van der Waals surface area contributed by atoms with Crippen LogP contribution in [0.2, 0.25) is 0 Å². The lowest BCUT2D eigenvalue weighted by Crippen LogP contribution is -2.68. The van der Waals surface area contributed by atoms with Crippen molar-refractivity contribution in [3.63, 3.8) is 0 Å². The number of carbonyl (C=O) groups is 4. The topological polar surface area (TPSA) is 329 Å². The molecule has 20 nitrogen and oxygen atoms in total. The Balaban J connectivity index is 1.17. The molecule has 0 saturated carbocycles. The number of anilines is 2. The number of pyridine rings is 2. The summed E-state index contributed by atoms with van der Waals surface area (Å²) in [6.07, 6.45) is -1.33. The summed E-state index contributed by atoms with van der Waals surface area (Å²) in [6, 6.07) is 8.88. The largest absolute Gasteiger partial charge is 0.507 e. The maximum absolute atomic E-state index is 15.1. The fourth-order valence-corrected chi connectivity index (χ4v) is 9.87. The van der Waals surface area contributed by atoms with Crippen LogP contribution in [0.25, 0.3) is 0 Å². The summed E-state index contributed by atoms with van der Waals surface area (Å²) in [7, 11) is 2.86. The van der Waals surface area contributed by atoms with E-state index in [9.17, 15) is 39.9 Å². The predicted octanol–water partition coefficient (Wildman–Crippen LogP) is 1.04. The van der Waals surface area contributed by atoms with Gasteiger partial charge in [0.15, 0.2) is 11.7 Å². The summed E-state index contributed by atoms with van der Waals surface area (Å²) in [4.78, 5) is 68.5. The van der Waals surface area contributed by atoms with Gasteiger partial charge in [-0.1, -0.05) is 13.0 Å². The molecule has 8 rings (SSSR count). The van der Waals surface area contributed by atoms with Gasteiger partial charge < -0.3 is 62.3 Å². The van der Waals surface area contributed by atoms with Crippen LogP contribution in [0.4, 0.5) is 11.6 Å². The van der Waals surface area contributed by atoms with E-state index in [0.29, 0.717) is 47.3 Å². The Labute approximate surface area is 384 Å². The van der Waals surface area contributed by atoms with Gasteiger partial charge in [0.2, 0.25) is 12.1 Å². The minimum atomic E-state index is -2.46. The number of nitrogens with one attached hydrogen (secondary N) is 1. The number of aromatic hydroxyl groups is 1. The van der Waals surface area contributed by atoms with E-state index in [0.717, 1.165) is 22.6 Å². The molecule has 4 aliphatic rings. The van der Waals surface area contributed by atoms with Gasteiger partial charge in [0.1, 0.15) is 52.8 Å². The second-order valence-electron chi connectivity index (χ2n) is 17.1. The molecule has 2 aromatic heterocycles. The first-order chi connectivity index (χ1) is 32.0. The van der Waals surface area contributed by atoms with Crippen LogP contribution in [-0.2, 0) is 27.2 Å². The van der Waals surface area contributed by atoms with Crippen LogP contribution in [-0.4, -0.2) is 127 Å². The Bertz CT molecular complexity index is 2690. The lowest BCUT2D eigenvalue weighted by molar-refractivity contribution is -0.315. The molecule has 352 valence electrons. The number of amides is 2. The molecule has 1 saturated heterocycles. The monoisotopic (exact) mass is 920 g/mol. The highest BCUT2D eigenvalue weighted by Crippen LogP contribution is 2.50. The molecule has 0 radical (unpaired) electrons. The molecular weight excluding hydrogens is 869 g/mol. The number of methoxy groups -OCH3 is 1. The zero-order valence-electron chi connectivity index (χ0n) is 36.9. The van der Waals surface area contributed by atoms with Crippen molar-refractivity contribution >= 4 is 41.0 Å². The summed E-state index contributed by atoms with van der Waals surface area (Å²) in [6.45, 7) is 0.532. The number of nitrogens with two attached hydrogens (primary N) is 3. The van der Waals surface area contributed by atoms with E-state index >= 15 is 4.79 Å². The Kier molecular flexibility index (Phi) is 12.8. The van der Waals surface area contributed by atoms with Gasteiger partial charge in [-0.05, 0) is 79.0 Å². The first kappa shape index (κ1) is 46.6. The van der Waals surface area contributed by atoms with Crippen molar-refractivity contribution in [2.75, 3.05) is 38.8 Å². The maximum atomic E-state index is 15.1. The average Bonchev–Trinajstić information content (AvgIpc) is 3.63. The van der Waals surface area contributed by atoms with Crippen molar-refractivity contribution in [2.45, 2.75) is 87.1 Å². The second-order valence-corrected chi connectivity index (χ2v) is 17.1. The zero-order chi connectivity index (χ0) is 48.1. The van der Waals surface area contributed by atoms with Crippen molar-refractivity contribution in [1.82, 2.24) is 20.2 Å². The normalized spacial score (nSPS) is 25.1. The molecule has 20 heteroatoms. The number of phenolic OH excluding ortho intramolecular Hbond substituents is 1. The first-order valence-corrected chi connectivity index (χ1v) is 21.7. The average molecular weight is 921 g/mol. The number of aliphatic hydroxyl groups is 4. The number of nitrogen functional groups attached to an aromatic ring is 2. The quantitative estimate of drug-likeness (QED) is 0.0452. The number of nitrogens with zero attached hydrogens (tertiary/aromatic N) is 4. The molecule has 67 heavy (non-hydrogen) atoms. The molecule has 2 aromatic carbocycles. The number of fused-ring (bicyclic) bond motifs is 3. The van der Waals surface area contributed by atoms with Crippen LogP contribution in [0.15, 0.2) is 65.9 Å². The molecule has 2 aliphatic heterocycles. The van der Waals surface area contributed by atoms with Gasteiger partial charge in [-0.3, -0.25) is 29.1 Å². The molecule has 0 unspecified atom stereocenters. The summed E-state index contributed by atoms with van der Waals surface area (Å²) in [5.41, 5.74) is 17.3. The van der Waals surface area contributed by atoms with Gasteiger partial charge in [-0.15, -0.1) is 0 Å². The van der Waals surface area contributed by atoms with Gasteiger partial charge in [-0.2, -0.15) is 0 Å². The molecule has 8 atom stereocenters. The third-order valence-corrected chi connectivity index (χ3v) is 13.2. The number of hydrogen-bond donors (Lipinski definition) is 9. The second kappa shape index (κ2) is 18.4. The van der Waals surface area contributed by atoms with Gasteiger partial charge in [0.25, 0.3) is 11.8 Å². The first-order valence-electron chi connectivity index (χ1n) is 21.7. The number of carbonyl (C=O) groups excluding carboxylic acids is 4. The number of hydrogen-bond acceptors (Lipinski definition) is 17. The molecule has 2 amide bonds. The van der Waals surface area contributed by atoms with E-state index in [-0.39, 0.29) is 64.4 Å². The Morgan fingerprint density at radius 3 is 2.39 bits per heavy atom. The van der Waals surface area contributed by atoms with E-state index in [1.54, 1.807) is 31.3 Å². The number of benzene rings is 2. The summed E-state index contributed by atoms with van der Waals surface area (Å²) in [5.74, 6) is -3.96. The zero-order valence-corrected chi connectivity index (χ0v) is 36.9. The van der Waals surface area contributed by atoms with Gasteiger partial charge >= 0.3 is 0 Å². The fourth-order valence-electron chi connectivity index (χ4n) is 9.87. The SMILES string of the molecule is CCc1c(OC)cc(O[C@@H]2O[C@H](CO)[C@](O)(C[C@H](CN3C(=O)C=CC3=O)c3ccnc(N)c3)[C@H](O)[C@H]2O)c2c1C(=O)c1cc3c(c(O)c1C2=O)[C@H](NC(N)=NC)CC[C@H]3Cc1ccc(N)nc1. The number of imide groups is 1. The molecular formula is C47H52N8O12. The van der Waals surface area contributed by atoms with Crippen molar-refractivity contribution in [3.05, 3.63) is 111 Å². The van der Waals surface area contributed by atoms with E-state index < -0.39 is 84.3 Å². The van der Waals surface area contributed by atoms with Crippen molar-refractivity contribution in [2.24, 2.45) is 10.7 Å². The number of rotatable bonds is 13. The lowest BCUT2D eigenvalue weighted by atomic mass is 9.72. The molecule has 12 N–H and O–H groups in total. The number of phenols is 1. The Morgan fingerprint density at radius 2 is 1.75 bits per heavy atom. The number of aromatic nitrogens is 2. The smallest absolute Gasteiger partial charge is 0.253 e. The minimum absolute atomic E-state index is 0.0609. The molecule has 2 aliphatic carbocycles. The molecule has 4 heterocycles. The van der Waals surface area contributed by atoms with Crippen LogP contribution in [0.1, 0.15) is 104 Å². The minimum Gasteiger partial charge on any atom is -0.507 e. The fraction of sp³-hybridized carbons (Fsp3) is 0.383. The van der Waals surface area contributed by atoms with Crippen LogP contribution in [0.5, 0.6) is 17.2 Å². The maximum Gasteiger partial charge on any atom is 0.253 e. The summed E-state index contributed by atoms with van der Waals surface area (Å²) < 4.78 is 18.0. The van der Waals surface area contributed by atoms with E-state index in [1.165, 1.54) is 32.5 Å². The van der Waals surface area contributed by atoms with Gasteiger partial charge in [0.05, 0.1) is 30.9 Å². The Hall–Kier alpha value is -6.97. The highest BCUT2D eigenvalue weighted by molar-refractivity contribution is 6.31. The number of ether oxygens (including phenoxy) is 3. The number of aliphatic imine (C=N–C) groups is 1. The summed E-state index contributed by atoms with van der Waals surface area (Å²) in [5, 5.41) is 61.9. The number of aliphatic hydroxyl groups excluding tert-OH is 3. The highest BCUT2D eigenvalue weighted by Gasteiger charge is 2.57. The van der Waals surface area contributed by atoms with Crippen LogP contribution in [0.3, 0.4) is 0 Å². The van der Waals surface area contributed by atoms with Crippen LogP contribution < -0.4 is 32.0 Å². The lowest BCUT2D eigenvalue weighted by Gasteiger charge is -2.49. The molecule has 4 aromatic rings. The molecule has 0 bridgehead atoms. The number of guanidine groups is 1. The van der Waals surface area contributed by atoms with Crippen molar-refractivity contribution in [3.8, 4) is 17.2 Å². The standard InChI is InChI=1S/C47H52N8O12/c1-4-25-29(65-3)16-30(66-45-43(62)44(63)47(64,31(20-56)67-45)17-24(22-11-12-52-33(49)14-22)19-55-34(57)9-10-35(55)58)39-37(25)40(59)27-15-26-23(13-21-5-8-32(48)53-18-21)6-7-28(54-46(50)51-2)36(26)41(60)38(27)42(39)61/h5,8-12,14-16,18,23-24,28,31,43-45,56,60,62-64H,4,6-7,13,17,19-20H2,1-3H3,(H2,48,53)(H2,49,52)(H3,50,51,54)/t23-,24+,28+,31+,43+,44+,45+,47+/m0/s1. The van der Waals surface area contributed by atoms with E-state index in [1.807, 2.05) is 6.07 Å². The van der Waals surface area contributed by atoms with Crippen molar-refractivity contribution in [1.29, 1.82) is 0 Å². The van der Waals surface area contributed by atoms with E-state index in [2.05, 4.69) is 20.3 Å². The third-order valence-electron chi connectivity index (χ3n) is 13.2. The summed E-state index contributed by atoms with van der Waals surface area (Å²) >= 11 is 0. The number of ketones is 2.